The number of benzene rings is 1. The van der Waals surface area contributed by atoms with Crippen LogP contribution in [0.3, 0.4) is 0 Å². The fourth-order valence-corrected chi connectivity index (χ4v) is 2.51. The molecule has 0 aliphatic heterocycles. The normalized spacial score (nSPS) is 11.2. The van der Waals surface area contributed by atoms with Crippen LogP contribution in [0.5, 0.6) is 0 Å². The van der Waals surface area contributed by atoms with Crippen LogP contribution < -0.4 is 0 Å². The molecule has 1 aromatic carbocycles. The maximum absolute atomic E-state index is 8.43. The Morgan fingerprint density at radius 3 is 2.67 bits per heavy atom. The topological polar surface area (TPSA) is 36.1 Å². The van der Waals surface area contributed by atoms with Crippen LogP contribution >= 0.6 is 46.7 Å². The molecule has 78 valence electrons. The van der Waals surface area contributed by atoms with Gasteiger partial charge in [0.25, 0.3) is 0 Å². The third-order valence-corrected chi connectivity index (χ3v) is 4.10. The van der Waals surface area contributed by atoms with Crippen LogP contribution in [0.1, 0.15) is 0 Å². The first-order valence-electron chi connectivity index (χ1n) is 3.81. The zero-order valence-corrected chi connectivity index (χ0v) is 10.8. The minimum atomic E-state index is 0.499. The summed E-state index contributed by atoms with van der Waals surface area (Å²) >= 11 is 14.4. The van der Waals surface area contributed by atoms with Crippen molar-refractivity contribution < 1.29 is 0 Å². The van der Waals surface area contributed by atoms with Gasteiger partial charge in [-0.25, -0.2) is 0 Å². The number of nitrogens with zero attached hydrogens (tertiary/aromatic N) is 2. The molecule has 0 aromatic heterocycles. The summed E-state index contributed by atoms with van der Waals surface area (Å²) in [5.74, 6) is 0. The van der Waals surface area contributed by atoms with E-state index in [1.807, 2.05) is 12.3 Å². The Morgan fingerprint density at radius 1 is 1.40 bits per heavy atom. The van der Waals surface area contributed by atoms with Crippen LogP contribution in [-0.4, -0.2) is 10.6 Å². The zero-order valence-electron chi connectivity index (χ0n) is 7.70. The summed E-state index contributed by atoms with van der Waals surface area (Å²) in [5.41, 5.74) is 0. The van der Waals surface area contributed by atoms with Crippen LogP contribution in [0.15, 0.2) is 28.1 Å². The predicted molar refractivity (Wildman–Crippen MR) is 68.9 cm³/mol. The lowest BCUT2D eigenvalue weighted by molar-refractivity contribution is 1.45. The Balaban J connectivity index is 2.86. The van der Waals surface area contributed by atoms with E-state index in [-0.39, 0.29) is 0 Å². The molecule has 0 fully saturated rings. The summed E-state index contributed by atoms with van der Waals surface area (Å²) in [5, 5.41) is 9.45. The molecule has 0 unspecified atom stereocenters. The predicted octanol–water partition coefficient (Wildman–Crippen LogP) is 4.29. The van der Waals surface area contributed by atoms with E-state index in [0.717, 1.165) is 4.90 Å². The minimum Gasteiger partial charge on any atom is -0.170 e. The third kappa shape index (κ3) is 3.96. The van der Waals surface area contributed by atoms with E-state index in [9.17, 15) is 0 Å². The molecule has 0 heterocycles. The van der Waals surface area contributed by atoms with Gasteiger partial charge in [0.1, 0.15) is 4.38 Å². The van der Waals surface area contributed by atoms with Crippen molar-refractivity contribution in [2.24, 2.45) is 4.99 Å². The second-order valence-electron chi connectivity index (χ2n) is 2.36. The highest BCUT2D eigenvalue weighted by atomic mass is 35.5. The Kier molecular flexibility index (Phi) is 5.34. The van der Waals surface area contributed by atoms with Crippen molar-refractivity contribution in [3.63, 3.8) is 0 Å². The molecule has 0 saturated carbocycles. The molecular formula is C9H6Cl2N2S2. The number of thioether (sulfide) groups is 2. The van der Waals surface area contributed by atoms with Crippen molar-refractivity contribution in [3.05, 3.63) is 28.2 Å². The summed E-state index contributed by atoms with van der Waals surface area (Å²) in [7, 11) is 0. The van der Waals surface area contributed by atoms with E-state index in [2.05, 4.69) is 4.99 Å². The van der Waals surface area contributed by atoms with Gasteiger partial charge in [0.2, 0.25) is 6.19 Å². The lowest BCUT2D eigenvalue weighted by Crippen LogP contribution is -1.83. The molecular weight excluding hydrogens is 271 g/mol. The van der Waals surface area contributed by atoms with E-state index in [4.69, 9.17) is 28.5 Å². The van der Waals surface area contributed by atoms with E-state index in [1.165, 1.54) is 23.5 Å². The van der Waals surface area contributed by atoms with E-state index in [0.29, 0.717) is 14.4 Å². The quantitative estimate of drug-likeness (QED) is 0.332. The molecule has 1 aromatic rings. The molecule has 2 nitrogen and oxygen atoms in total. The van der Waals surface area contributed by atoms with Crippen molar-refractivity contribution >= 4 is 51.1 Å². The number of aliphatic imine (C=N–C) groups is 1. The van der Waals surface area contributed by atoms with Gasteiger partial charge in [-0.1, -0.05) is 35.0 Å². The molecule has 0 radical (unpaired) electrons. The fourth-order valence-electron chi connectivity index (χ4n) is 0.792. The molecule has 0 aliphatic rings. The van der Waals surface area contributed by atoms with Crippen LogP contribution in [-0.2, 0) is 0 Å². The molecule has 0 bridgehead atoms. The number of hydrogen-bond acceptors (Lipinski definition) is 4. The average Bonchev–Trinajstić information content (AvgIpc) is 2.23. The zero-order chi connectivity index (χ0) is 11.3. The molecule has 0 N–H and O–H groups in total. The minimum absolute atomic E-state index is 0.499. The number of halogens is 2. The second-order valence-corrected chi connectivity index (χ2v) is 5.29. The SMILES string of the molecule is CSC(=NC#N)Sc1ccc(Cl)c(Cl)c1. The average molecular weight is 277 g/mol. The summed E-state index contributed by atoms with van der Waals surface area (Å²) in [6.45, 7) is 0. The van der Waals surface area contributed by atoms with E-state index in [1.54, 1.807) is 18.3 Å². The van der Waals surface area contributed by atoms with Crippen LogP contribution in [0.25, 0.3) is 0 Å². The fraction of sp³-hybridized carbons (Fsp3) is 0.111. The summed E-state index contributed by atoms with van der Waals surface area (Å²) in [6.07, 6.45) is 3.61. The Hall–Kier alpha value is -0.340. The largest absolute Gasteiger partial charge is 0.207 e. The van der Waals surface area contributed by atoms with Gasteiger partial charge in [-0.05, 0) is 24.5 Å². The molecule has 0 spiro atoms. The number of nitriles is 1. The number of rotatable bonds is 1. The molecule has 6 heteroatoms. The monoisotopic (exact) mass is 276 g/mol. The smallest absolute Gasteiger partial charge is 0.170 e. The van der Waals surface area contributed by atoms with E-state index < -0.39 is 0 Å². The lowest BCUT2D eigenvalue weighted by atomic mass is 10.4. The summed E-state index contributed by atoms with van der Waals surface area (Å²) < 4.78 is 0.677. The van der Waals surface area contributed by atoms with Gasteiger partial charge in [0.05, 0.1) is 10.0 Å². The highest BCUT2D eigenvalue weighted by molar-refractivity contribution is 8.38. The molecule has 0 atom stereocenters. The standard InChI is InChI=1S/C9H6Cl2N2S2/c1-14-9(13-5-12)15-6-2-3-7(10)8(11)4-6/h2-4H,1H3. The van der Waals surface area contributed by atoms with Crippen molar-refractivity contribution in [2.75, 3.05) is 6.26 Å². The molecule has 1 rings (SSSR count). The van der Waals surface area contributed by atoms with Gasteiger partial charge in [-0.15, -0.1) is 11.8 Å². The van der Waals surface area contributed by atoms with Crippen molar-refractivity contribution in [1.82, 2.24) is 0 Å². The summed E-state index contributed by atoms with van der Waals surface area (Å²) in [6, 6.07) is 5.30. The van der Waals surface area contributed by atoms with Gasteiger partial charge in [0, 0.05) is 4.90 Å². The van der Waals surface area contributed by atoms with Crippen LogP contribution in [0.2, 0.25) is 10.0 Å². The lowest BCUT2D eigenvalue weighted by Gasteiger charge is -2.02. The van der Waals surface area contributed by atoms with Crippen molar-refractivity contribution in [1.29, 1.82) is 5.26 Å². The second kappa shape index (κ2) is 6.29. The third-order valence-electron chi connectivity index (χ3n) is 1.41. The molecule has 0 saturated heterocycles. The maximum Gasteiger partial charge on any atom is 0.207 e. The first-order chi connectivity index (χ1) is 7.17. The van der Waals surface area contributed by atoms with Crippen LogP contribution in [0, 0.1) is 11.5 Å². The van der Waals surface area contributed by atoms with Crippen molar-refractivity contribution in [3.8, 4) is 6.19 Å². The van der Waals surface area contributed by atoms with Gasteiger partial charge < -0.3 is 0 Å². The van der Waals surface area contributed by atoms with E-state index >= 15 is 0 Å². The van der Waals surface area contributed by atoms with Gasteiger partial charge in [-0.3, -0.25) is 0 Å². The summed E-state index contributed by atoms with van der Waals surface area (Å²) in [4.78, 5) is 4.57. The number of hydrogen-bond donors (Lipinski definition) is 0. The van der Waals surface area contributed by atoms with Gasteiger partial charge >= 0.3 is 0 Å². The molecule has 0 aliphatic carbocycles. The first kappa shape index (κ1) is 12.7. The maximum atomic E-state index is 8.43. The highest BCUT2D eigenvalue weighted by Gasteiger charge is 2.04. The Labute approximate surface area is 107 Å². The van der Waals surface area contributed by atoms with Crippen molar-refractivity contribution in [2.45, 2.75) is 4.90 Å². The molecule has 0 amide bonds. The van der Waals surface area contributed by atoms with Gasteiger partial charge in [-0.2, -0.15) is 10.3 Å². The first-order valence-corrected chi connectivity index (χ1v) is 6.60. The highest BCUT2D eigenvalue weighted by Crippen LogP contribution is 2.30. The Morgan fingerprint density at radius 2 is 2.13 bits per heavy atom. The molecule has 15 heavy (non-hydrogen) atoms. The Bertz CT molecular complexity index is 427. The van der Waals surface area contributed by atoms with Crippen LogP contribution in [0.4, 0.5) is 0 Å². The van der Waals surface area contributed by atoms with Gasteiger partial charge in [0.15, 0.2) is 0 Å².